The first-order chi connectivity index (χ1) is 7.35. The zero-order valence-corrected chi connectivity index (χ0v) is 9.02. The molecular weight excluding hydrogens is 190 g/mol. The molecule has 82 valence electrons. The second-order valence-electron chi connectivity index (χ2n) is 3.87. The second-order valence-corrected chi connectivity index (χ2v) is 3.87. The first kappa shape index (κ1) is 10.5. The van der Waals surface area contributed by atoms with Crippen LogP contribution >= 0.6 is 0 Å². The van der Waals surface area contributed by atoms with Gasteiger partial charge in [-0.15, -0.1) is 0 Å². The minimum atomic E-state index is 0.0850. The summed E-state index contributed by atoms with van der Waals surface area (Å²) in [5, 5.41) is 0. The topological polar surface area (TPSA) is 61.0 Å². The summed E-state index contributed by atoms with van der Waals surface area (Å²) in [7, 11) is 0. The average Bonchev–Trinajstić information content (AvgIpc) is 3.10. The lowest BCUT2D eigenvalue weighted by Gasteiger charge is -2.14. The SMILES string of the molecule is CCOC(c1ncc(CN)cn1)C1CC1. The lowest BCUT2D eigenvalue weighted by atomic mass is 10.2. The monoisotopic (exact) mass is 207 g/mol. The maximum Gasteiger partial charge on any atom is 0.157 e. The lowest BCUT2D eigenvalue weighted by molar-refractivity contribution is 0.0400. The highest BCUT2D eigenvalue weighted by Crippen LogP contribution is 2.41. The molecule has 0 radical (unpaired) electrons. The minimum Gasteiger partial charge on any atom is -0.370 e. The highest BCUT2D eigenvalue weighted by molar-refractivity contribution is 5.07. The van der Waals surface area contributed by atoms with E-state index in [9.17, 15) is 0 Å². The molecule has 0 bridgehead atoms. The van der Waals surface area contributed by atoms with Crippen molar-refractivity contribution in [1.82, 2.24) is 9.97 Å². The van der Waals surface area contributed by atoms with E-state index in [2.05, 4.69) is 9.97 Å². The van der Waals surface area contributed by atoms with E-state index in [1.165, 1.54) is 12.8 Å². The number of rotatable bonds is 5. The molecular formula is C11H17N3O. The van der Waals surface area contributed by atoms with E-state index in [1.807, 2.05) is 6.92 Å². The second kappa shape index (κ2) is 4.68. The van der Waals surface area contributed by atoms with E-state index in [1.54, 1.807) is 12.4 Å². The zero-order chi connectivity index (χ0) is 10.7. The van der Waals surface area contributed by atoms with Crippen LogP contribution in [0.15, 0.2) is 12.4 Å². The summed E-state index contributed by atoms with van der Waals surface area (Å²) in [6, 6.07) is 0. The molecule has 1 atom stereocenters. The Hall–Kier alpha value is -1.00. The standard InChI is InChI=1S/C11H17N3O/c1-2-15-10(9-3-4-9)11-13-6-8(5-12)7-14-11/h6-7,9-10H,2-5,12H2,1H3. The number of ether oxygens (including phenoxy) is 1. The third-order valence-corrected chi connectivity index (χ3v) is 2.61. The third-order valence-electron chi connectivity index (χ3n) is 2.61. The summed E-state index contributed by atoms with van der Waals surface area (Å²) < 4.78 is 5.67. The van der Waals surface area contributed by atoms with Crippen LogP contribution in [0.3, 0.4) is 0 Å². The van der Waals surface area contributed by atoms with Gasteiger partial charge in [-0.1, -0.05) is 0 Å². The Bertz CT molecular complexity index is 308. The molecule has 15 heavy (non-hydrogen) atoms. The molecule has 2 N–H and O–H groups in total. The van der Waals surface area contributed by atoms with E-state index in [-0.39, 0.29) is 6.10 Å². The highest BCUT2D eigenvalue weighted by atomic mass is 16.5. The maximum absolute atomic E-state index is 5.67. The first-order valence-corrected chi connectivity index (χ1v) is 5.47. The van der Waals surface area contributed by atoms with Gasteiger partial charge in [0.1, 0.15) is 6.10 Å². The van der Waals surface area contributed by atoms with E-state index < -0.39 is 0 Å². The van der Waals surface area contributed by atoms with Crippen LogP contribution in [0, 0.1) is 5.92 Å². The van der Waals surface area contributed by atoms with Crippen molar-refractivity contribution in [3.8, 4) is 0 Å². The molecule has 1 aliphatic carbocycles. The summed E-state index contributed by atoms with van der Waals surface area (Å²) in [5.41, 5.74) is 6.46. The maximum atomic E-state index is 5.67. The fourth-order valence-corrected chi connectivity index (χ4v) is 1.62. The number of hydrogen-bond donors (Lipinski definition) is 1. The van der Waals surface area contributed by atoms with Crippen LogP contribution in [-0.4, -0.2) is 16.6 Å². The molecule has 1 aliphatic rings. The fourth-order valence-electron chi connectivity index (χ4n) is 1.62. The molecule has 0 aliphatic heterocycles. The van der Waals surface area contributed by atoms with Crippen LogP contribution in [0.5, 0.6) is 0 Å². The first-order valence-electron chi connectivity index (χ1n) is 5.47. The zero-order valence-electron chi connectivity index (χ0n) is 9.02. The largest absolute Gasteiger partial charge is 0.370 e. The van der Waals surface area contributed by atoms with Crippen LogP contribution in [0.4, 0.5) is 0 Å². The molecule has 1 unspecified atom stereocenters. The number of hydrogen-bond acceptors (Lipinski definition) is 4. The predicted octanol–water partition coefficient (Wildman–Crippen LogP) is 1.42. The fraction of sp³-hybridized carbons (Fsp3) is 0.636. The summed E-state index contributed by atoms with van der Waals surface area (Å²) >= 11 is 0. The van der Waals surface area contributed by atoms with Gasteiger partial charge >= 0.3 is 0 Å². The number of nitrogens with two attached hydrogens (primary N) is 1. The third kappa shape index (κ3) is 2.52. The van der Waals surface area contributed by atoms with Gasteiger partial charge in [-0.2, -0.15) is 0 Å². The van der Waals surface area contributed by atoms with Gasteiger partial charge in [0.2, 0.25) is 0 Å². The van der Waals surface area contributed by atoms with Crippen molar-refractivity contribution in [1.29, 1.82) is 0 Å². The van der Waals surface area contributed by atoms with Gasteiger partial charge in [0.25, 0.3) is 0 Å². The van der Waals surface area contributed by atoms with E-state index in [0.29, 0.717) is 19.1 Å². The molecule has 0 amide bonds. The molecule has 1 aromatic heterocycles. The molecule has 1 saturated carbocycles. The van der Waals surface area contributed by atoms with Gasteiger partial charge in [0, 0.05) is 31.1 Å². The van der Waals surface area contributed by atoms with Crippen LogP contribution in [0.1, 0.15) is 37.3 Å². The summed E-state index contributed by atoms with van der Waals surface area (Å²) in [6.45, 7) is 3.20. The van der Waals surface area contributed by atoms with Crippen LogP contribution in [-0.2, 0) is 11.3 Å². The molecule has 1 fully saturated rings. The van der Waals surface area contributed by atoms with Gasteiger partial charge in [0.05, 0.1) is 0 Å². The van der Waals surface area contributed by atoms with E-state index in [4.69, 9.17) is 10.5 Å². The van der Waals surface area contributed by atoms with Crippen molar-refractivity contribution < 1.29 is 4.74 Å². The Morgan fingerprint density at radius 1 is 1.47 bits per heavy atom. The molecule has 1 aromatic rings. The summed E-state index contributed by atoms with van der Waals surface area (Å²) in [5.74, 6) is 1.42. The Labute approximate surface area is 89.9 Å². The Morgan fingerprint density at radius 3 is 2.60 bits per heavy atom. The summed E-state index contributed by atoms with van der Waals surface area (Å²) in [4.78, 5) is 8.63. The van der Waals surface area contributed by atoms with E-state index >= 15 is 0 Å². The van der Waals surface area contributed by atoms with Crippen LogP contribution in [0.25, 0.3) is 0 Å². The van der Waals surface area contributed by atoms with Gasteiger partial charge < -0.3 is 10.5 Å². The van der Waals surface area contributed by atoms with Crippen LogP contribution < -0.4 is 5.73 Å². The molecule has 1 heterocycles. The van der Waals surface area contributed by atoms with E-state index in [0.717, 1.165) is 11.4 Å². The van der Waals surface area contributed by atoms with Crippen molar-refractivity contribution in [2.75, 3.05) is 6.61 Å². The quantitative estimate of drug-likeness (QED) is 0.793. The molecule has 2 rings (SSSR count). The number of aromatic nitrogens is 2. The molecule has 0 aromatic carbocycles. The Kier molecular flexibility index (Phi) is 3.28. The normalized spacial score (nSPS) is 17.7. The highest BCUT2D eigenvalue weighted by Gasteiger charge is 2.34. The van der Waals surface area contributed by atoms with Gasteiger partial charge in [-0.05, 0) is 25.7 Å². The molecule has 0 spiro atoms. The van der Waals surface area contributed by atoms with Gasteiger partial charge in [-0.25, -0.2) is 9.97 Å². The average molecular weight is 207 g/mol. The predicted molar refractivity (Wildman–Crippen MR) is 57.0 cm³/mol. The van der Waals surface area contributed by atoms with Crippen LogP contribution in [0.2, 0.25) is 0 Å². The van der Waals surface area contributed by atoms with Crippen molar-refractivity contribution in [3.05, 3.63) is 23.8 Å². The summed E-state index contributed by atoms with van der Waals surface area (Å²) in [6.07, 6.45) is 6.12. The van der Waals surface area contributed by atoms with Crippen molar-refractivity contribution in [3.63, 3.8) is 0 Å². The molecule has 0 saturated heterocycles. The van der Waals surface area contributed by atoms with Gasteiger partial charge in [-0.3, -0.25) is 0 Å². The molecule has 4 nitrogen and oxygen atoms in total. The smallest absolute Gasteiger partial charge is 0.157 e. The van der Waals surface area contributed by atoms with Crippen molar-refractivity contribution in [2.24, 2.45) is 11.7 Å². The van der Waals surface area contributed by atoms with Crippen molar-refractivity contribution in [2.45, 2.75) is 32.4 Å². The van der Waals surface area contributed by atoms with Crippen molar-refractivity contribution >= 4 is 0 Å². The Balaban J connectivity index is 2.10. The minimum absolute atomic E-state index is 0.0850. The van der Waals surface area contributed by atoms with Gasteiger partial charge in [0.15, 0.2) is 5.82 Å². The molecule has 4 heteroatoms. The Morgan fingerprint density at radius 2 is 2.13 bits per heavy atom. The lowest BCUT2D eigenvalue weighted by Crippen LogP contribution is -2.11. The number of nitrogens with zero attached hydrogens (tertiary/aromatic N) is 2.